The van der Waals surface area contributed by atoms with Gasteiger partial charge in [-0.2, -0.15) is 0 Å². The predicted octanol–water partition coefficient (Wildman–Crippen LogP) is 3.81. The number of piperazine rings is 1. The molecule has 0 bridgehead atoms. The molecule has 1 saturated heterocycles. The van der Waals surface area contributed by atoms with Crippen LogP contribution in [0.15, 0.2) is 42.5 Å². The minimum Gasteiger partial charge on any atom is -0.426 e. The Balaban J connectivity index is 0.00000225. The van der Waals surface area contributed by atoms with Crippen LogP contribution in [0.4, 0.5) is 5.69 Å². The summed E-state index contributed by atoms with van der Waals surface area (Å²) in [7, 11) is 0. The summed E-state index contributed by atoms with van der Waals surface area (Å²) < 4.78 is 5.27. The Kier molecular flexibility index (Phi) is 6.16. The topological polar surface area (TPSA) is 49.9 Å². The van der Waals surface area contributed by atoms with Crippen molar-refractivity contribution < 1.29 is 14.3 Å². The zero-order valence-electron chi connectivity index (χ0n) is 15.6. The van der Waals surface area contributed by atoms with E-state index in [-0.39, 0.29) is 30.7 Å². The second-order valence-corrected chi connectivity index (χ2v) is 7.50. The van der Waals surface area contributed by atoms with E-state index < -0.39 is 5.92 Å². The lowest BCUT2D eigenvalue weighted by molar-refractivity contribution is -0.139. The number of carbonyl (C=O) groups excluding carboxylic acids is 2. The van der Waals surface area contributed by atoms with Gasteiger partial charge in [-0.25, -0.2) is 0 Å². The average molecular weight is 421 g/mol. The minimum absolute atomic E-state index is 0. The summed E-state index contributed by atoms with van der Waals surface area (Å²) in [5.41, 5.74) is 3.16. The van der Waals surface area contributed by atoms with E-state index in [9.17, 15) is 9.59 Å². The van der Waals surface area contributed by atoms with E-state index in [0.717, 1.165) is 18.7 Å². The minimum atomic E-state index is -0.542. The van der Waals surface area contributed by atoms with Crippen molar-refractivity contribution in [3.8, 4) is 5.75 Å². The van der Waals surface area contributed by atoms with Crippen molar-refractivity contribution in [1.29, 1.82) is 0 Å². The van der Waals surface area contributed by atoms with E-state index in [1.807, 2.05) is 4.90 Å². The summed E-state index contributed by atoms with van der Waals surface area (Å²) in [6.45, 7) is 4.96. The van der Waals surface area contributed by atoms with Gasteiger partial charge in [0.25, 0.3) is 0 Å². The fourth-order valence-corrected chi connectivity index (χ4v) is 3.89. The molecule has 0 N–H and O–H groups in total. The molecule has 0 aromatic heterocycles. The van der Waals surface area contributed by atoms with Crippen LogP contribution in [0.3, 0.4) is 0 Å². The first kappa shape index (κ1) is 20.5. The highest BCUT2D eigenvalue weighted by Crippen LogP contribution is 2.38. The van der Waals surface area contributed by atoms with Gasteiger partial charge in [-0.3, -0.25) is 9.59 Å². The Bertz CT molecular complexity index is 895. The molecule has 1 amide bonds. The average Bonchev–Trinajstić information content (AvgIpc) is 2.96. The number of esters is 1. The van der Waals surface area contributed by atoms with Gasteiger partial charge < -0.3 is 14.5 Å². The van der Waals surface area contributed by atoms with Crippen LogP contribution in [0.1, 0.15) is 23.5 Å². The molecule has 2 aromatic rings. The number of rotatable bonds is 3. The van der Waals surface area contributed by atoms with Gasteiger partial charge in [-0.1, -0.05) is 29.8 Å². The maximum atomic E-state index is 12.7. The fraction of sp³-hybridized carbons (Fsp3) is 0.333. The van der Waals surface area contributed by atoms with Gasteiger partial charge in [0.05, 0.1) is 5.92 Å². The highest BCUT2D eigenvalue weighted by molar-refractivity contribution is 6.30. The van der Waals surface area contributed by atoms with Crippen LogP contribution in [0.2, 0.25) is 5.02 Å². The Hall–Kier alpha value is -2.24. The predicted molar refractivity (Wildman–Crippen MR) is 112 cm³/mol. The summed E-state index contributed by atoms with van der Waals surface area (Å²) in [5, 5.41) is 0.515. The largest absolute Gasteiger partial charge is 0.426 e. The lowest BCUT2D eigenvalue weighted by Crippen LogP contribution is -2.49. The van der Waals surface area contributed by atoms with Crippen molar-refractivity contribution in [2.45, 2.75) is 19.3 Å². The van der Waals surface area contributed by atoms with Crippen LogP contribution in [0, 0.1) is 6.92 Å². The lowest BCUT2D eigenvalue weighted by atomic mass is 9.96. The maximum absolute atomic E-state index is 12.7. The van der Waals surface area contributed by atoms with Crippen LogP contribution in [-0.2, 0) is 9.59 Å². The van der Waals surface area contributed by atoms with Crippen LogP contribution >= 0.6 is 24.0 Å². The highest BCUT2D eigenvalue weighted by atomic mass is 35.5. The van der Waals surface area contributed by atoms with Crippen molar-refractivity contribution >= 4 is 41.6 Å². The van der Waals surface area contributed by atoms with E-state index in [4.69, 9.17) is 16.3 Å². The smallest absolute Gasteiger partial charge is 0.319 e. The van der Waals surface area contributed by atoms with Crippen LogP contribution in [-0.4, -0.2) is 43.0 Å². The van der Waals surface area contributed by atoms with Gasteiger partial charge in [0.2, 0.25) is 5.91 Å². The van der Waals surface area contributed by atoms with Crippen molar-refractivity contribution in [3.63, 3.8) is 0 Å². The number of halogens is 2. The molecule has 0 saturated carbocycles. The van der Waals surface area contributed by atoms with E-state index in [1.165, 1.54) is 11.3 Å². The maximum Gasteiger partial charge on any atom is 0.319 e. The van der Waals surface area contributed by atoms with Gasteiger partial charge >= 0.3 is 5.97 Å². The van der Waals surface area contributed by atoms with Gasteiger partial charge in [-0.15, -0.1) is 12.4 Å². The van der Waals surface area contributed by atoms with Gasteiger partial charge in [0.15, 0.2) is 0 Å². The molecule has 0 radical (unpaired) electrons. The summed E-state index contributed by atoms with van der Waals surface area (Å²) in [6.07, 6.45) is 0.137. The Morgan fingerprint density at radius 1 is 1.14 bits per heavy atom. The Morgan fingerprint density at radius 2 is 1.89 bits per heavy atom. The van der Waals surface area contributed by atoms with Crippen molar-refractivity contribution in [1.82, 2.24) is 4.90 Å². The first-order valence-corrected chi connectivity index (χ1v) is 9.49. The molecule has 1 unspecified atom stereocenters. The molecule has 1 fully saturated rings. The summed E-state index contributed by atoms with van der Waals surface area (Å²) in [5.74, 6) is -0.461. The lowest BCUT2D eigenvalue weighted by Gasteiger charge is -2.36. The summed E-state index contributed by atoms with van der Waals surface area (Å²) >= 11 is 5.95. The first-order valence-electron chi connectivity index (χ1n) is 9.12. The zero-order chi connectivity index (χ0) is 19.0. The third-order valence-corrected chi connectivity index (χ3v) is 5.46. The van der Waals surface area contributed by atoms with Crippen LogP contribution in [0.25, 0.3) is 0 Å². The second-order valence-electron chi connectivity index (χ2n) is 7.07. The molecule has 4 rings (SSSR count). The molecular formula is C21H22Cl2N2O3. The SMILES string of the molecule is Cc1cccc(N2CCN(C(=O)CC3C(=O)Oc4cc(Cl)ccc43)CC2)c1.Cl. The number of carbonyl (C=O) groups is 2. The molecular weight excluding hydrogens is 399 g/mol. The van der Waals surface area contributed by atoms with Crippen molar-refractivity contribution in [2.75, 3.05) is 31.1 Å². The number of anilines is 1. The Labute approximate surface area is 175 Å². The fourth-order valence-electron chi connectivity index (χ4n) is 3.73. The molecule has 2 heterocycles. The van der Waals surface area contributed by atoms with E-state index >= 15 is 0 Å². The molecule has 1 atom stereocenters. The number of ether oxygens (including phenoxy) is 1. The van der Waals surface area contributed by atoms with Gasteiger partial charge in [-0.05, 0) is 36.8 Å². The summed E-state index contributed by atoms with van der Waals surface area (Å²) in [4.78, 5) is 29.1. The third-order valence-electron chi connectivity index (χ3n) is 5.22. The molecule has 28 heavy (non-hydrogen) atoms. The molecule has 0 spiro atoms. The first-order chi connectivity index (χ1) is 13.0. The third kappa shape index (κ3) is 4.10. The van der Waals surface area contributed by atoms with Gasteiger partial charge in [0.1, 0.15) is 5.75 Å². The summed E-state index contributed by atoms with van der Waals surface area (Å²) in [6, 6.07) is 13.5. The second kappa shape index (κ2) is 8.41. The molecule has 148 valence electrons. The number of aryl methyl sites for hydroxylation is 1. The van der Waals surface area contributed by atoms with Crippen LogP contribution in [0.5, 0.6) is 5.75 Å². The van der Waals surface area contributed by atoms with E-state index in [2.05, 4.69) is 36.1 Å². The monoisotopic (exact) mass is 420 g/mol. The van der Waals surface area contributed by atoms with Crippen molar-refractivity contribution in [2.24, 2.45) is 0 Å². The molecule has 2 aliphatic heterocycles. The molecule has 2 aromatic carbocycles. The van der Waals surface area contributed by atoms with Crippen LogP contribution < -0.4 is 9.64 Å². The standard InChI is InChI=1S/C21H21ClN2O3.ClH/c1-14-3-2-4-16(11-14)23-7-9-24(10-8-23)20(25)13-18-17-6-5-15(22)12-19(17)27-21(18)26;/h2-6,11-12,18H,7-10,13H2,1H3;1H. The Morgan fingerprint density at radius 3 is 2.61 bits per heavy atom. The molecule has 0 aliphatic carbocycles. The number of benzene rings is 2. The number of fused-ring (bicyclic) bond motifs is 1. The van der Waals surface area contributed by atoms with E-state index in [1.54, 1.807) is 18.2 Å². The number of hydrogen-bond donors (Lipinski definition) is 0. The number of hydrogen-bond acceptors (Lipinski definition) is 4. The van der Waals surface area contributed by atoms with Gasteiger partial charge in [0, 0.05) is 48.9 Å². The van der Waals surface area contributed by atoms with E-state index in [0.29, 0.717) is 23.9 Å². The number of nitrogens with zero attached hydrogens (tertiary/aromatic N) is 2. The zero-order valence-corrected chi connectivity index (χ0v) is 17.1. The molecule has 2 aliphatic rings. The molecule has 5 nitrogen and oxygen atoms in total. The normalized spacial score (nSPS) is 18.4. The number of amides is 1. The molecule has 7 heteroatoms. The van der Waals surface area contributed by atoms with Crippen molar-refractivity contribution in [3.05, 3.63) is 58.6 Å². The quantitative estimate of drug-likeness (QED) is 0.559. The highest BCUT2D eigenvalue weighted by Gasteiger charge is 2.36.